The van der Waals surface area contributed by atoms with Crippen LogP contribution in [0.4, 0.5) is 13.2 Å². The molecule has 0 amide bonds. The Morgan fingerprint density at radius 1 is 1.20 bits per heavy atom. The molecule has 1 rings (SSSR count). The highest BCUT2D eigenvalue weighted by Crippen LogP contribution is 2.31. The van der Waals surface area contributed by atoms with Gasteiger partial charge in [0.15, 0.2) is 0 Å². The van der Waals surface area contributed by atoms with Crippen LogP contribution in [0, 0.1) is 0 Å². The van der Waals surface area contributed by atoms with Crippen molar-refractivity contribution in [2.24, 2.45) is 0 Å². The van der Waals surface area contributed by atoms with Crippen molar-refractivity contribution in [1.29, 1.82) is 0 Å². The molecule has 1 aromatic rings. The van der Waals surface area contributed by atoms with E-state index >= 15 is 0 Å². The number of ether oxygens (including phenoxy) is 3. The summed E-state index contributed by atoms with van der Waals surface area (Å²) in [6.45, 7) is -1.53. The van der Waals surface area contributed by atoms with Gasteiger partial charge in [-0.1, -0.05) is 0 Å². The molecule has 0 fully saturated rings. The van der Waals surface area contributed by atoms with E-state index in [-0.39, 0.29) is 13.0 Å². The molecule has 114 valence electrons. The number of aliphatic hydroxyl groups excluding tert-OH is 1. The summed E-state index contributed by atoms with van der Waals surface area (Å²) in [5.41, 5.74) is 0.447. The van der Waals surface area contributed by atoms with Gasteiger partial charge in [0.1, 0.15) is 18.1 Å². The molecule has 7 heteroatoms. The van der Waals surface area contributed by atoms with Gasteiger partial charge < -0.3 is 19.3 Å². The Kier molecular flexibility index (Phi) is 6.09. The van der Waals surface area contributed by atoms with Gasteiger partial charge in [0.25, 0.3) is 0 Å². The minimum atomic E-state index is -4.36. The number of hydrogen-bond donors (Lipinski definition) is 1. The van der Waals surface area contributed by atoms with Crippen LogP contribution in [0.2, 0.25) is 0 Å². The number of methoxy groups -OCH3 is 2. The molecule has 1 N–H and O–H groups in total. The molecule has 0 radical (unpaired) electrons. The molecule has 0 heterocycles. The highest BCUT2D eigenvalue weighted by molar-refractivity contribution is 5.41. The fourth-order valence-electron chi connectivity index (χ4n) is 1.64. The zero-order chi connectivity index (χ0) is 15.2. The van der Waals surface area contributed by atoms with E-state index in [1.54, 1.807) is 18.2 Å². The van der Waals surface area contributed by atoms with Crippen LogP contribution >= 0.6 is 0 Å². The van der Waals surface area contributed by atoms with E-state index in [9.17, 15) is 18.3 Å². The van der Waals surface area contributed by atoms with E-state index in [1.807, 2.05) is 0 Å². The number of benzene rings is 1. The Labute approximate surface area is 115 Å². The number of rotatable bonds is 7. The van der Waals surface area contributed by atoms with E-state index in [1.165, 1.54) is 14.2 Å². The van der Waals surface area contributed by atoms with Crippen LogP contribution in [0.1, 0.15) is 18.1 Å². The smallest absolute Gasteiger partial charge is 0.411 e. The SMILES string of the molecule is COc1ccc(OC)c(C(O)CCOCC(F)(F)F)c1. The van der Waals surface area contributed by atoms with E-state index in [4.69, 9.17) is 9.47 Å². The third-order valence-electron chi connectivity index (χ3n) is 2.60. The maximum absolute atomic E-state index is 11.9. The third-order valence-corrected chi connectivity index (χ3v) is 2.60. The van der Waals surface area contributed by atoms with Gasteiger partial charge in [-0.05, 0) is 18.2 Å². The van der Waals surface area contributed by atoms with Crippen molar-refractivity contribution in [3.63, 3.8) is 0 Å². The Balaban J connectivity index is 2.60. The monoisotopic (exact) mass is 294 g/mol. The first-order valence-electron chi connectivity index (χ1n) is 5.92. The molecule has 0 aromatic heterocycles. The van der Waals surface area contributed by atoms with E-state index in [0.717, 1.165) is 0 Å². The van der Waals surface area contributed by atoms with Gasteiger partial charge in [0.05, 0.1) is 20.3 Å². The quantitative estimate of drug-likeness (QED) is 0.786. The summed E-state index contributed by atoms with van der Waals surface area (Å²) < 4.78 is 50.3. The van der Waals surface area contributed by atoms with Gasteiger partial charge in [-0.3, -0.25) is 0 Å². The molecule has 20 heavy (non-hydrogen) atoms. The molecule has 0 saturated heterocycles. The fourth-order valence-corrected chi connectivity index (χ4v) is 1.64. The number of aliphatic hydroxyl groups is 1. The van der Waals surface area contributed by atoms with Crippen molar-refractivity contribution in [2.75, 3.05) is 27.4 Å². The maximum atomic E-state index is 11.9. The lowest BCUT2D eigenvalue weighted by molar-refractivity contribution is -0.175. The minimum Gasteiger partial charge on any atom is -0.497 e. The zero-order valence-corrected chi connectivity index (χ0v) is 11.2. The van der Waals surface area contributed by atoms with E-state index in [0.29, 0.717) is 17.1 Å². The topological polar surface area (TPSA) is 47.9 Å². The van der Waals surface area contributed by atoms with Crippen molar-refractivity contribution >= 4 is 0 Å². The maximum Gasteiger partial charge on any atom is 0.411 e. The van der Waals surface area contributed by atoms with Crippen LogP contribution in [0.5, 0.6) is 11.5 Å². The van der Waals surface area contributed by atoms with Crippen LogP contribution in [-0.4, -0.2) is 38.7 Å². The second kappa shape index (κ2) is 7.35. The summed E-state index contributed by atoms with van der Waals surface area (Å²) >= 11 is 0. The highest BCUT2D eigenvalue weighted by Gasteiger charge is 2.27. The largest absolute Gasteiger partial charge is 0.497 e. The Bertz CT molecular complexity index is 421. The Morgan fingerprint density at radius 2 is 1.90 bits per heavy atom. The van der Waals surface area contributed by atoms with Crippen LogP contribution in [-0.2, 0) is 4.74 Å². The summed E-state index contributed by atoms with van der Waals surface area (Å²) in [6, 6.07) is 4.86. The zero-order valence-electron chi connectivity index (χ0n) is 11.2. The molecule has 1 unspecified atom stereocenters. The van der Waals surface area contributed by atoms with Gasteiger partial charge in [-0.25, -0.2) is 0 Å². The molecule has 0 aliphatic rings. The number of alkyl halides is 3. The molecular formula is C13H17F3O4. The van der Waals surface area contributed by atoms with Gasteiger partial charge in [-0.15, -0.1) is 0 Å². The predicted molar refractivity (Wildman–Crippen MR) is 66.0 cm³/mol. The van der Waals surface area contributed by atoms with E-state index in [2.05, 4.69) is 4.74 Å². The molecule has 0 bridgehead atoms. The first kappa shape index (κ1) is 16.6. The van der Waals surface area contributed by atoms with Gasteiger partial charge >= 0.3 is 6.18 Å². The minimum absolute atomic E-state index is 0.0274. The van der Waals surface area contributed by atoms with Gasteiger partial charge in [0, 0.05) is 18.6 Å². The standard InChI is InChI=1S/C13H17F3O4/c1-18-9-3-4-12(19-2)10(7-9)11(17)5-6-20-8-13(14,15)16/h3-4,7,11,17H,5-6,8H2,1-2H3. The Hall–Kier alpha value is -1.47. The normalized spacial score (nSPS) is 13.1. The van der Waals surface area contributed by atoms with Crippen molar-refractivity contribution in [1.82, 2.24) is 0 Å². The molecule has 0 aliphatic heterocycles. The molecule has 0 saturated carbocycles. The van der Waals surface area contributed by atoms with Crippen molar-refractivity contribution in [3.05, 3.63) is 23.8 Å². The second-order valence-corrected chi connectivity index (χ2v) is 4.08. The fraction of sp³-hybridized carbons (Fsp3) is 0.538. The van der Waals surface area contributed by atoms with Crippen LogP contribution < -0.4 is 9.47 Å². The second-order valence-electron chi connectivity index (χ2n) is 4.08. The predicted octanol–water partition coefficient (Wildman–Crippen LogP) is 2.71. The van der Waals surface area contributed by atoms with Crippen LogP contribution in [0.15, 0.2) is 18.2 Å². The average molecular weight is 294 g/mol. The molecular weight excluding hydrogens is 277 g/mol. The summed E-state index contributed by atoms with van der Waals surface area (Å²) in [7, 11) is 2.92. The van der Waals surface area contributed by atoms with Crippen molar-refractivity contribution in [2.45, 2.75) is 18.7 Å². The summed E-state index contributed by atoms with van der Waals surface area (Å²) in [5, 5.41) is 9.99. The summed E-state index contributed by atoms with van der Waals surface area (Å²) in [5.74, 6) is 0.963. The average Bonchev–Trinajstić information content (AvgIpc) is 2.41. The summed E-state index contributed by atoms with van der Waals surface area (Å²) in [6.07, 6.45) is -5.33. The van der Waals surface area contributed by atoms with Gasteiger partial charge in [-0.2, -0.15) is 13.2 Å². The van der Waals surface area contributed by atoms with Crippen LogP contribution in [0.25, 0.3) is 0 Å². The molecule has 4 nitrogen and oxygen atoms in total. The number of hydrogen-bond acceptors (Lipinski definition) is 4. The van der Waals surface area contributed by atoms with Gasteiger partial charge in [0.2, 0.25) is 0 Å². The molecule has 0 aliphatic carbocycles. The highest BCUT2D eigenvalue weighted by atomic mass is 19.4. The third kappa shape index (κ3) is 5.26. The molecule has 1 atom stereocenters. The molecule has 1 aromatic carbocycles. The molecule has 0 spiro atoms. The first-order chi connectivity index (χ1) is 9.37. The van der Waals surface area contributed by atoms with Crippen molar-refractivity contribution < 1.29 is 32.5 Å². The first-order valence-corrected chi connectivity index (χ1v) is 5.92. The lowest BCUT2D eigenvalue weighted by Gasteiger charge is -2.16. The van der Waals surface area contributed by atoms with Crippen LogP contribution in [0.3, 0.4) is 0 Å². The van der Waals surface area contributed by atoms with Crippen molar-refractivity contribution in [3.8, 4) is 11.5 Å². The number of halogens is 3. The van der Waals surface area contributed by atoms with E-state index < -0.39 is 18.9 Å². The Morgan fingerprint density at radius 3 is 2.45 bits per heavy atom. The lowest BCUT2D eigenvalue weighted by Crippen LogP contribution is -2.18. The lowest BCUT2D eigenvalue weighted by atomic mass is 10.1. The summed E-state index contributed by atoms with van der Waals surface area (Å²) in [4.78, 5) is 0.